The van der Waals surface area contributed by atoms with E-state index in [4.69, 9.17) is 5.11 Å². The van der Waals surface area contributed by atoms with Gasteiger partial charge in [0.15, 0.2) is 6.10 Å². The van der Waals surface area contributed by atoms with Gasteiger partial charge in [0, 0.05) is 25.5 Å². The highest BCUT2D eigenvalue weighted by atomic mass is 32.1. The third-order valence-corrected chi connectivity index (χ3v) is 2.79. The molecule has 1 aromatic heterocycles. The minimum absolute atomic E-state index is 0.0750. The van der Waals surface area contributed by atoms with Gasteiger partial charge in [0.1, 0.15) is 0 Å². The first-order valence-electron chi connectivity index (χ1n) is 5.28. The Kier molecular flexibility index (Phi) is 6.09. The van der Waals surface area contributed by atoms with Gasteiger partial charge in [0.25, 0.3) is 0 Å². The second-order valence-electron chi connectivity index (χ2n) is 3.43. The molecule has 0 radical (unpaired) electrons. The fourth-order valence-electron chi connectivity index (χ4n) is 1.18. The molecular formula is C10H15N3O4S. The summed E-state index contributed by atoms with van der Waals surface area (Å²) in [5.41, 5.74) is 2.64. The Morgan fingerprint density at radius 3 is 2.89 bits per heavy atom. The number of hydrogen-bond donors (Lipinski definition) is 3. The van der Waals surface area contributed by atoms with Crippen molar-refractivity contribution in [1.29, 1.82) is 0 Å². The van der Waals surface area contributed by atoms with E-state index in [9.17, 15) is 9.59 Å². The summed E-state index contributed by atoms with van der Waals surface area (Å²) in [5.74, 6) is -1.11. The van der Waals surface area contributed by atoms with Crippen molar-refractivity contribution in [2.75, 3.05) is 20.2 Å². The molecule has 0 aromatic carbocycles. The van der Waals surface area contributed by atoms with Crippen LogP contribution in [0.15, 0.2) is 10.9 Å². The number of methoxy groups -OCH3 is 1. The summed E-state index contributed by atoms with van der Waals surface area (Å²) >= 11 is 1.50. The molecule has 3 N–H and O–H groups in total. The molecule has 2 amide bonds. The highest BCUT2D eigenvalue weighted by molar-refractivity contribution is 7.07. The number of nitrogens with one attached hydrogen (secondary N) is 2. The van der Waals surface area contributed by atoms with Gasteiger partial charge in [0.2, 0.25) is 0 Å². The summed E-state index contributed by atoms with van der Waals surface area (Å²) in [4.78, 5) is 26.0. The average molecular weight is 273 g/mol. The highest BCUT2D eigenvalue weighted by Gasteiger charge is 2.16. The lowest BCUT2D eigenvalue weighted by Crippen LogP contribution is -2.43. The molecule has 8 heteroatoms. The third kappa shape index (κ3) is 5.11. The molecule has 1 aromatic rings. The number of aromatic nitrogens is 1. The molecule has 0 saturated carbocycles. The standard InChI is InChI=1S/C10H15N3O4S/c1-17-8(9(14)15)4-12-10(16)11-3-2-7-5-18-6-13-7/h5-6,8H,2-4H2,1H3,(H,14,15)(H2,11,12,16). The lowest BCUT2D eigenvalue weighted by Gasteiger charge is -2.12. The molecule has 0 saturated heterocycles. The number of urea groups is 1. The third-order valence-electron chi connectivity index (χ3n) is 2.16. The number of ether oxygens (including phenoxy) is 1. The molecule has 0 fully saturated rings. The Morgan fingerprint density at radius 2 is 2.33 bits per heavy atom. The number of carbonyl (C=O) groups is 2. The normalized spacial score (nSPS) is 11.8. The van der Waals surface area contributed by atoms with Crippen molar-refractivity contribution in [3.8, 4) is 0 Å². The monoisotopic (exact) mass is 273 g/mol. The number of carbonyl (C=O) groups excluding carboxylic acids is 1. The van der Waals surface area contributed by atoms with E-state index in [2.05, 4.69) is 20.4 Å². The van der Waals surface area contributed by atoms with Crippen LogP contribution < -0.4 is 10.6 Å². The molecule has 0 spiro atoms. The molecule has 0 aliphatic rings. The van der Waals surface area contributed by atoms with Crippen LogP contribution in [0.4, 0.5) is 4.79 Å². The van der Waals surface area contributed by atoms with E-state index in [-0.39, 0.29) is 6.54 Å². The maximum absolute atomic E-state index is 11.3. The zero-order valence-corrected chi connectivity index (χ0v) is 10.7. The van der Waals surface area contributed by atoms with E-state index in [1.807, 2.05) is 5.38 Å². The maximum atomic E-state index is 11.3. The second kappa shape index (κ2) is 7.62. The van der Waals surface area contributed by atoms with Crippen molar-refractivity contribution in [2.24, 2.45) is 0 Å². The summed E-state index contributed by atoms with van der Waals surface area (Å²) in [6, 6.07) is -0.423. The van der Waals surface area contributed by atoms with Gasteiger partial charge in [-0.05, 0) is 0 Å². The summed E-state index contributed by atoms with van der Waals surface area (Å²) in [7, 11) is 1.28. The van der Waals surface area contributed by atoms with Crippen LogP contribution in [-0.4, -0.2) is 48.4 Å². The van der Waals surface area contributed by atoms with Crippen LogP contribution in [-0.2, 0) is 16.0 Å². The van der Waals surface area contributed by atoms with Crippen molar-refractivity contribution >= 4 is 23.3 Å². The van der Waals surface area contributed by atoms with Gasteiger partial charge in [-0.2, -0.15) is 0 Å². The molecule has 1 unspecified atom stereocenters. The summed E-state index contributed by atoms with van der Waals surface area (Å²) in [6.07, 6.45) is -0.391. The fourth-order valence-corrected chi connectivity index (χ4v) is 1.78. The fraction of sp³-hybridized carbons (Fsp3) is 0.500. The molecule has 1 heterocycles. The Morgan fingerprint density at radius 1 is 1.56 bits per heavy atom. The van der Waals surface area contributed by atoms with Crippen molar-refractivity contribution in [2.45, 2.75) is 12.5 Å². The van der Waals surface area contributed by atoms with Gasteiger partial charge in [-0.1, -0.05) is 0 Å². The lowest BCUT2D eigenvalue weighted by atomic mass is 10.3. The van der Waals surface area contributed by atoms with Crippen LogP contribution in [0.5, 0.6) is 0 Å². The molecule has 0 aliphatic carbocycles. The zero-order chi connectivity index (χ0) is 13.4. The van der Waals surface area contributed by atoms with Crippen LogP contribution in [0.3, 0.4) is 0 Å². The number of amides is 2. The molecule has 0 bridgehead atoms. The van der Waals surface area contributed by atoms with E-state index < -0.39 is 18.1 Å². The van der Waals surface area contributed by atoms with Crippen molar-refractivity contribution in [3.63, 3.8) is 0 Å². The summed E-state index contributed by atoms with van der Waals surface area (Å²) < 4.78 is 4.67. The predicted octanol–water partition coefficient (Wildman–Crippen LogP) is 0.0844. The summed E-state index contributed by atoms with van der Waals surface area (Å²) in [6.45, 7) is 0.370. The van der Waals surface area contributed by atoms with E-state index in [0.717, 1.165) is 5.69 Å². The Bertz CT molecular complexity index is 382. The van der Waals surface area contributed by atoms with Gasteiger partial charge in [-0.25, -0.2) is 14.6 Å². The Balaban J connectivity index is 2.15. The van der Waals surface area contributed by atoms with Crippen molar-refractivity contribution in [3.05, 3.63) is 16.6 Å². The van der Waals surface area contributed by atoms with Crippen molar-refractivity contribution < 1.29 is 19.4 Å². The van der Waals surface area contributed by atoms with Gasteiger partial charge in [-0.15, -0.1) is 11.3 Å². The quantitative estimate of drug-likeness (QED) is 0.653. The minimum atomic E-state index is -1.11. The van der Waals surface area contributed by atoms with Gasteiger partial charge < -0.3 is 20.5 Å². The van der Waals surface area contributed by atoms with E-state index in [0.29, 0.717) is 13.0 Å². The largest absolute Gasteiger partial charge is 0.479 e. The number of hydrogen-bond acceptors (Lipinski definition) is 5. The number of nitrogens with zero attached hydrogens (tertiary/aromatic N) is 1. The Labute approximate surface area is 108 Å². The predicted molar refractivity (Wildman–Crippen MR) is 65.7 cm³/mol. The number of rotatable bonds is 7. The topological polar surface area (TPSA) is 101 Å². The Hall–Kier alpha value is -1.67. The molecule has 0 aliphatic heterocycles. The van der Waals surface area contributed by atoms with Crippen LogP contribution in [0.1, 0.15) is 5.69 Å². The molecule has 18 heavy (non-hydrogen) atoms. The van der Waals surface area contributed by atoms with Gasteiger partial charge in [0.05, 0.1) is 17.7 Å². The average Bonchev–Trinajstić information content (AvgIpc) is 2.82. The minimum Gasteiger partial charge on any atom is -0.479 e. The number of carboxylic acid groups (broad SMARTS) is 1. The first kappa shape index (κ1) is 14.4. The molecule has 100 valence electrons. The SMILES string of the molecule is COC(CNC(=O)NCCc1cscn1)C(=O)O. The molecule has 1 atom stereocenters. The lowest BCUT2D eigenvalue weighted by molar-refractivity contribution is -0.147. The number of thiazole rings is 1. The van der Waals surface area contributed by atoms with Crippen LogP contribution in [0.25, 0.3) is 0 Å². The molecule has 7 nitrogen and oxygen atoms in total. The van der Waals surface area contributed by atoms with Crippen LogP contribution in [0, 0.1) is 0 Å². The highest BCUT2D eigenvalue weighted by Crippen LogP contribution is 2.00. The van der Waals surface area contributed by atoms with E-state index in [1.54, 1.807) is 5.51 Å². The number of carboxylic acids is 1. The smallest absolute Gasteiger partial charge is 0.334 e. The van der Waals surface area contributed by atoms with E-state index >= 15 is 0 Å². The van der Waals surface area contributed by atoms with Crippen molar-refractivity contribution in [1.82, 2.24) is 15.6 Å². The molecule has 1 rings (SSSR count). The van der Waals surface area contributed by atoms with Crippen LogP contribution >= 0.6 is 11.3 Å². The second-order valence-corrected chi connectivity index (χ2v) is 4.15. The van der Waals surface area contributed by atoms with Gasteiger partial charge >= 0.3 is 12.0 Å². The first-order chi connectivity index (χ1) is 8.63. The van der Waals surface area contributed by atoms with Gasteiger partial charge in [-0.3, -0.25) is 0 Å². The van der Waals surface area contributed by atoms with Crippen LogP contribution in [0.2, 0.25) is 0 Å². The zero-order valence-electron chi connectivity index (χ0n) is 9.88. The number of aliphatic carboxylic acids is 1. The molecular weight excluding hydrogens is 258 g/mol. The first-order valence-corrected chi connectivity index (χ1v) is 6.22. The van der Waals surface area contributed by atoms with E-state index in [1.165, 1.54) is 18.4 Å². The maximum Gasteiger partial charge on any atom is 0.334 e. The summed E-state index contributed by atoms with van der Waals surface area (Å²) in [5, 5.41) is 15.6.